The average Bonchev–Trinajstić information content (AvgIpc) is 3.10. The fraction of sp³-hybridized carbons (Fsp3) is 0.579. The largest absolute Gasteiger partial charge is 0.462 e. The van der Waals surface area contributed by atoms with Crippen LogP contribution >= 0.6 is 24.0 Å². The molecule has 0 aromatic heterocycles. The van der Waals surface area contributed by atoms with Gasteiger partial charge in [0.15, 0.2) is 5.96 Å². The predicted octanol–water partition coefficient (Wildman–Crippen LogP) is 3.68. The van der Waals surface area contributed by atoms with Gasteiger partial charge in [0.1, 0.15) is 11.9 Å². The topological polar surface area (TPSA) is 62.7 Å². The Bertz CT molecular complexity index is 604. The molecule has 1 saturated carbocycles. The molecule has 1 fully saturated rings. The predicted molar refractivity (Wildman–Crippen MR) is 112 cm³/mol. The summed E-state index contributed by atoms with van der Waals surface area (Å²) in [5.41, 5.74) is 1.62. The van der Waals surface area contributed by atoms with E-state index in [-0.39, 0.29) is 41.9 Å². The Labute approximate surface area is 172 Å². The second-order valence-corrected chi connectivity index (χ2v) is 6.44. The van der Waals surface area contributed by atoms with Crippen molar-refractivity contribution in [2.24, 2.45) is 4.99 Å². The minimum atomic E-state index is -0.198. The average molecular weight is 477 g/mol. The Kier molecular flexibility index (Phi) is 10.5. The van der Waals surface area contributed by atoms with Gasteiger partial charge in [-0.15, -0.1) is 24.0 Å². The molecule has 1 aliphatic rings. The number of ether oxygens (including phenoxy) is 1. The molecule has 0 spiro atoms. The van der Waals surface area contributed by atoms with Gasteiger partial charge in [0.05, 0.1) is 0 Å². The van der Waals surface area contributed by atoms with Crippen LogP contribution in [0.15, 0.2) is 23.2 Å². The van der Waals surface area contributed by atoms with E-state index < -0.39 is 0 Å². The summed E-state index contributed by atoms with van der Waals surface area (Å²) in [6, 6.07) is 5.04. The van der Waals surface area contributed by atoms with Crippen molar-refractivity contribution >= 4 is 35.9 Å². The SMILES string of the molecule is CN=C(NCCCC(=O)OC1CCCC1)NCc1ccc(F)c(C)c1.I. The summed E-state index contributed by atoms with van der Waals surface area (Å²) >= 11 is 0. The molecule has 1 aromatic carbocycles. The molecule has 1 aromatic rings. The summed E-state index contributed by atoms with van der Waals surface area (Å²) in [7, 11) is 1.69. The fourth-order valence-corrected chi connectivity index (χ4v) is 2.91. The fourth-order valence-electron chi connectivity index (χ4n) is 2.91. The number of guanidine groups is 1. The van der Waals surface area contributed by atoms with E-state index in [2.05, 4.69) is 15.6 Å². The van der Waals surface area contributed by atoms with Gasteiger partial charge in [-0.3, -0.25) is 9.79 Å². The lowest BCUT2D eigenvalue weighted by Crippen LogP contribution is -2.37. The molecule has 0 saturated heterocycles. The van der Waals surface area contributed by atoms with Crippen LogP contribution in [0.4, 0.5) is 4.39 Å². The van der Waals surface area contributed by atoms with Crippen molar-refractivity contribution in [3.05, 3.63) is 35.1 Å². The number of nitrogens with one attached hydrogen (secondary N) is 2. The third kappa shape index (κ3) is 7.88. The van der Waals surface area contributed by atoms with Crippen LogP contribution in [0.1, 0.15) is 49.7 Å². The normalized spacial score (nSPS) is 14.7. The number of hydrogen-bond donors (Lipinski definition) is 2. The molecule has 7 heteroatoms. The van der Waals surface area contributed by atoms with Gasteiger partial charge < -0.3 is 15.4 Å². The Morgan fingerprint density at radius 1 is 1.31 bits per heavy atom. The zero-order chi connectivity index (χ0) is 18.1. The molecular formula is C19H29FIN3O2. The summed E-state index contributed by atoms with van der Waals surface area (Å²) in [5, 5.41) is 6.35. The number of hydrogen-bond acceptors (Lipinski definition) is 3. The van der Waals surface area contributed by atoms with Crippen LogP contribution in [-0.2, 0) is 16.1 Å². The number of carbonyl (C=O) groups is 1. The number of aryl methyl sites for hydroxylation is 1. The Morgan fingerprint density at radius 2 is 2.04 bits per heavy atom. The summed E-state index contributed by atoms with van der Waals surface area (Å²) < 4.78 is 18.7. The molecule has 0 amide bonds. The second kappa shape index (κ2) is 12.1. The van der Waals surface area contributed by atoms with Crippen LogP contribution in [-0.4, -0.2) is 31.6 Å². The molecule has 0 radical (unpaired) electrons. The van der Waals surface area contributed by atoms with Crippen LogP contribution in [0, 0.1) is 12.7 Å². The molecule has 5 nitrogen and oxygen atoms in total. The first-order chi connectivity index (χ1) is 12.1. The van der Waals surface area contributed by atoms with E-state index in [1.807, 2.05) is 6.07 Å². The molecule has 0 atom stereocenters. The summed E-state index contributed by atoms with van der Waals surface area (Å²) in [6.45, 7) is 2.95. The minimum absolute atomic E-state index is 0. The van der Waals surface area contributed by atoms with Crippen LogP contribution in [0.3, 0.4) is 0 Å². The van der Waals surface area contributed by atoms with Gasteiger partial charge in [0, 0.05) is 26.6 Å². The van der Waals surface area contributed by atoms with Crippen molar-refractivity contribution in [3.63, 3.8) is 0 Å². The number of halogens is 2. The zero-order valence-electron chi connectivity index (χ0n) is 15.5. The first-order valence-corrected chi connectivity index (χ1v) is 8.97. The van der Waals surface area contributed by atoms with Crippen LogP contribution < -0.4 is 10.6 Å². The summed E-state index contributed by atoms with van der Waals surface area (Å²) in [6.07, 6.45) is 5.57. The maximum Gasteiger partial charge on any atom is 0.306 e. The molecule has 0 bridgehead atoms. The van der Waals surface area contributed by atoms with E-state index in [0.29, 0.717) is 37.5 Å². The lowest BCUT2D eigenvalue weighted by atomic mass is 10.1. The van der Waals surface area contributed by atoms with Crippen molar-refractivity contribution in [1.82, 2.24) is 10.6 Å². The number of aliphatic imine (C=N–C) groups is 1. The van der Waals surface area contributed by atoms with Gasteiger partial charge in [-0.2, -0.15) is 0 Å². The van der Waals surface area contributed by atoms with Crippen molar-refractivity contribution in [3.8, 4) is 0 Å². The van der Waals surface area contributed by atoms with Crippen molar-refractivity contribution < 1.29 is 13.9 Å². The highest BCUT2D eigenvalue weighted by molar-refractivity contribution is 14.0. The van der Waals surface area contributed by atoms with E-state index in [1.54, 1.807) is 20.0 Å². The molecule has 0 aliphatic heterocycles. The van der Waals surface area contributed by atoms with Crippen LogP contribution in [0.25, 0.3) is 0 Å². The Hall–Kier alpha value is -1.38. The zero-order valence-corrected chi connectivity index (χ0v) is 17.8. The van der Waals surface area contributed by atoms with Crippen molar-refractivity contribution in [2.75, 3.05) is 13.6 Å². The van der Waals surface area contributed by atoms with Crippen LogP contribution in [0.2, 0.25) is 0 Å². The van der Waals surface area contributed by atoms with Gasteiger partial charge in [-0.05, 0) is 56.2 Å². The van der Waals surface area contributed by atoms with E-state index in [4.69, 9.17) is 4.74 Å². The van der Waals surface area contributed by atoms with E-state index in [1.165, 1.54) is 6.07 Å². The Balaban J connectivity index is 0.00000338. The van der Waals surface area contributed by atoms with Crippen LogP contribution in [0.5, 0.6) is 0 Å². The molecule has 146 valence electrons. The summed E-state index contributed by atoms with van der Waals surface area (Å²) in [5.74, 6) is 0.348. The highest BCUT2D eigenvalue weighted by Crippen LogP contribution is 2.21. The first-order valence-electron chi connectivity index (χ1n) is 8.97. The van der Waals surface area contributed by atoms with Gasteiger partial charge in [-0.25, -0.2) is 4.39 Å². The Morgan fingerprint density at radius 3 is 2.69 bits per heavy atom. The number of carbonyl (C=O) groups excluding carboxylic acids is 1. The number of nitrogens with zero attached hydrogens (tertiary/aromatic N) is 1. The van der Waals surface area contributed by atoms with Gasteiger partial charge in [0.2, 0.25) is 0 Å². The molecule has 0 unspecified atom stereocenters. The minimum Gasteiger partial charge on any atom is -0.462 e. The van der Waals surface area contributed by atoms with Gasteiger partial charge in [-0.1, -0.05) is 12.1 Å². The quantitative estimate of drug-likeness (QED) is 0.207. The van der Waals surface area contributed by atoms with Crippen molar-refractivity contribution in [2.45, 2.75) is 58.1 Å². The monoisotopic (exact) mass is 477 g/mol. The highest BCUT2D eigenvalue weighted by Gasteiger charge is 2.18. The number of benzene rings is 1. The first kappa shape index (κ1) is 22.7. The standard InChI is InChI=1S/C19H28FN3O2.HI/c1-14-12-15(9-10-17(14)20)13-23-19(21-2)22-11-5-8-18(24)25-16-6-3-4-7-16;/h9-10,12,16H,3-8,11,13H2,1-2H3,(H2,21,22,23);1H. The van der Waals surface area contributed by atoms with Crippen molar-refractivity contribution in [1.29, 1.82) is 0 Å². The van der Waals surface area contributed by atoms with E-state index >= 15 is 0 Å². The molecule has 2 N–H and O–H groups in total. The molecule has 0 heterocycles. The maximum atomic E-state index is 13.3. The molecule has 2 rings (SSSR count). The highest BCUT2D eigenvalue weighted by atomic mass is 127. The lowest BCUT2D eigenvalue weighted by Gasteiger charge is -2.13. The van der Waals surface area contributed by atoms with Gasteiger partial charge >= 0.3 is 5.97 Å². The summed E-state index contributed by atoms with van der Waals surface area (Å²) in [4.78, 5) is 15.9. The van der Waals surface area contributed by atoms with E-state index in [0.717, 1.165) is 31.2 Å². The molecule has 1 aliphatic carbocycles. The maximum absolute atomic E-state index is 13.3. The van der Waals surface area contributed by atoms with Gasteiger partial charge in [0.25, 0.3) is 0 Å². The smallest absolute Gasteiger partial charge is 0.306 e. The number of esters is 1. The third-order valence-electron chi connectivity index (χ3n) is 4.36. The van der Waals surface area contributed by atoms with E-state index in [9.17, 15) is 9.18 Å². The second-order valence-electron chi connectivity index (χ2n) is 6.44. The number of rotatable bonds is 7. The lowest BCUT2D eigenvalue weighted by molar-refractivity contribution is -0.148. The molecular weight excluding hydrogens is 448 g/mol. The molecule has 26 heavy (non-hydrogen) atoms. The third-order valence-corrected chi connectivity index (χ3v) is 4.36.